The second-order valence-corrected chi connectivity index (χ2v) is 4.24. The van der Waals surface area contributed by atoms with Gasteiger partial charge in [-0.3, -0.25) is 19.3 Å². The molecule has 6 nitrogen and oxygen atoms in total. The number of Topliss-reactive ketones (excluding diaryl/α,β-unsaturated/α-hetero) is 1. The fraction of sp³-hybridized carbons (Fsp3) is 0.700. The van der Waals surface area contributed by atoms with E-state index in [-0.39, 0.29) is 49.6 Å². The molecule has 16 heavy (non-hydrogen) atoms. The molecule has 0 saturated carbocycles. The molecule has 3 heterocycles. The molecule has 3 saturated heterocycles. The number of fused-ring (bicyclic) bond motifs is 2. The highest BCUT2D eigenvalue weighted by molar-refractivity contribution is 6.03. The summed E-state index contributed by atoms with van der Waals surface area (Å²) in [5, 5.41) is 0. The van der Waals surface area contributed by atoms with Gasteiger partial charge in [0, 0.05) is 19.3 Å². The first kappa shape index (κ1) is 9.92. The number of nitrogens with zero attached hydrogens (tertiary/aromatic N) is 1. The third-order valence-electron chi connectivity index (χ3n) is 3.23. The molecule has 0 aromatic heterocycles. The van der Waals surface area contributed by atoms with Gasteiger partial charge in [-0.15, -0.1) is 0 Å². The SMILES string of the molecule is O=C1C[C@H](N2C(=O)CCC2=O)C2CO[C@@H]1O2. The van der Waals surface area contributed by atoms with Crippen LogP contribution in [0.2, 0.25) is 0 Å². The van der Waals surface area contributed by atoms with E-state index in [1.54, 1.807) is 0 Å². The molecule has 0 radical (unpaired) electrons. The summed E-state index contributed by atoms with van der Waals surface area (Å²) >= 11 is 0. The monoisotopic (exact) mass is 225 g/mol. The Labute approximate surface area is 91.5 Å². The summed E-state index contributed by atoms with van der Waals surface area (Å²) in [7, 11) is 0. The molecule has 3 fully saturated rings. The van der Waals surface area contributed by atoms with Gasteiger partial charge < -0.3 is 9.47 Å². The highest BCUT2D eigenvalue weighted by Gasteiger charge is 2.49. The highest BCUT2D eigenvalue weighted by atomic mass is 16.7. The van der Waals surface area contributed by atoms with Crippen molar-refractivity contribution in [3.05, 3.63) is 0 Å². The van der Waals surface area contributed by atoms with Crippen LogP contribution in [0.15, 0.2) is 0 Å². The number of amides is 2. The van der Waals surface area contributed by atoms with Crippen LogP contribution in [-0.2, 0) is 23.9 Å². The largest absolute Gasteiger partial charge is 0.343 e. The summed E-state index contributed by atoms with van der Waals surface area (Å²) in [6, 6.07) is -0.464. The maximum atomic E-state index is 11.6. The zero-order valence-corrected chi connectivity index (χ0v) is 8.55. The minimum atomic E-state index is -0.783. The van der Waals surface area contributed by atoms with Crippen LogP contribution in [0.3, 0.4) is 0 Å². The molecule has 3 aliphatic heterocycles. The number of carbonyl (C=O) groups excluding carboxylic acids is 3. The van der Waals surface area contributed by atoms with Gasteiger partial charge in [-0.1, -0.05) is 0 Å². The average molecular weight is 225 g/mol. The third-order valence-corrected chi connectivity index (χ3v) is 3.23. The van der Waals surface area contributed by atoms with Crippen LogP contribution >= 0.6 is 0 Å². The fourth-order valence-corrected chi connectivity index (χ4v) is 2.45. The summed E-state index contributed by atoms with van der Waals surface area (Å²) in [6.07, 6.45) is -0.490. The third kappa shape index (κ3) is 1.30. The molecule has 0 aromatic carbocycles. The van der Waals surface area contributed by atoms with Gasteiger partial charge in [0.1, 0.15) is 6.10 Å². The van der Waals surface area contributed by atoms with Crippen molar-refractivity contribution in [1.29, 1.82) is 0 Å². The summed E-state index contributed by atoms with van der Waals surface area (Å²) in [5.74, 6) is -0.611. The molecule has 3 atom stereocenters. The second kappa shape index (κ2) is 3.36. The smallest absolute Gasteiger partial charge is 0.230 e. The zero-order chi connectivity index (χ0) is 11.3. The van der Waals surface area contributed by atoms with E-state index < -0.39 is 12.3 Å². The first-order valence-corrected chi connectivity index (χ1v) is 5.31. The molecule has 2 bridgehead atoms. The molecule has 3 aliphatic rings. The van der Waals surface area contributed by atoms with Gasteiger partial charge in [0.2, 0.25) is 18.1 Å². The predicted molar refractivity (Wildman–Crippen MR) is 49.1 cm³/mol. The lowest BCUT2D eigenvalue weighted by atomic mass is 10.0. The van der Waals surface area contributed by atoms with Crippen LogP contribution in [0.5, 0.6) is 0 Å². The van der Waals surface area contributed by atoms with Gasteiger partial charge in [-0.05, 0) is 0 Å². The first-order valence-electron chi connectivity index (χ1n) is 5.31. The molecule has 1 unspecified atom stereocenters. The van der Waals surface area contributed by atoms with Crippen molar-refractivity contribution in [3.63, 3.8) is 0 Å². The molecule has 3 rings (SSSR count). The number of ketones is 1. The molecule has 0 spiro atoms. The van der Waals surface area contributed by atoms with Gasteiger partial charge in [-0.25, -0.2) is 0 Å². The number of hydrogen-bond acceptors (Lipinski definition) is 5. The molecule has 2 amide bonds. The van der Waals surface area contributed by atoms with Crippen molar-refractivity contribution in [3.8, 4) is 0 Å². The Hall–Kier alpha value is -1.27. The van der Waals surface area contributed by atoms with Crippen LogP contribution in [0.25, 0.3) is 0 Å². The van der Waals surface area contributed by atoms with Crippen LogP contribution < -0.4 is 0 Å². The van der Waals surface area contributed by atoms with Crippen molar-refractivity contribution >= 4 is 17.6 Å². The molecular formula is C10H11NO5. The Bertz CT molecular complexity index is 363. The molecular weight excluding hydrogens is 214 g/mol. The Morgan fingerprint density at radius 3 is 2.50 bits per heavy atom. The van der Waals surface area contributed by atoms with E-state index in [0.29, 0.717) is 0 Å². The quantitative estimate of drug-likeness (QED) is 0.547. The fourth-order valence-electron chi connectivity index (χ4n) is 2.45. The molecule has 0 N–H and O–H groups in total. The zero-order valence-electron chi connectivity index (χ0n) is 8.55. The maximum Gasteiger partial charge on any atom is 0.230 e. The summed E-state index contributed by atoms with van der Waals surface area (Å²) in [5.41, 5.74) is 0. The van der Waals surface area contributed by atoms with Gasteiger partial charge in [0.15, 0.2) is 5.78 Å². The Morgan fingerprint density at radius 1 is 1.12 bits per heavy atom. The highest BCUT2D eigenvalue weighted by Crippen LogP contribution is 2.30. The number of imide groups is 1. The van der Waals surface area contributed by atoms with Crippen molar-refractivity contribution < 1.29 is 23.9 Å². The average Bonchev–Trinajstić information content (AvgIpc) is 2.81. The van der Waals surface area contributed by atoms with E-state index in [2.05, 4.69) is 0 Å². The minimum absolute atomic E-state index is 0.160. The number of carbonyl (C=O) groups is 3. The summed E-state index contributed by atoms with van der Waals surface area (Å²) in [6.45, 7) is 0.276. The van der Waals surface area contributed by atoms with E-state index in [9.17, 15) is 14.4 Å². The van der Waals surface area contributed by atoms with E-state index >= 15 is 0 Å². The topological polar surface area (TPSA) is 72.9 Å². The summed E-state index contributed by atoms with van der Waals surface area (Å²) in [4.78, 5) is 35.8. The van der Waals surface area contributed by atoms with Crippen molar-refractivity contribution in [2.24, 2.45) is 0 Å². The van der Waals surface area contributed by atoms with Gasteiger partial charge in [0.25, 0.3) is 0 Å². The standard InChI is InChI=1S/C10H11NO5/c12-6-3-5(7-4-15-10(6)16-7)11-8(13)1-2-9(11)14/h5,7,10H,1-4H2/t5-,7?,10+/m0/s1. The van der Waals surface area contributed by atoms with Crippen molar-refractivity contribution in [2.45, 2.75) is 37.7 Å². The Balaban J connectivity index is 1.86. The van der Waals surface area contributed by atoms with Gasteiger partial charge in [0.05, 0.1) is 12.6 Å². The number of ether oxygens (including phenoxy) is 2. The molecule has 0 aromatic rings. The molecule has 6 heteroatoms. The lowest BCUT2D eigenvalue weighted by Gasteiger charge is -2.32. The molecule has 86 valence electrons. The number of likely N-dealkylation sites (tertiary alicyclic amines) is 1. The van der Waals surface area contributed by atoms with Crippen molar-refractivity contribution in [1.82, 2.24) is 4.90 Å². The number of rotatable bonds is 1. The Morgan fingerprint density at radius 2 is 1.81 bits per heavy atom. The van der Waals surface area contributed by atoms with E-state index in [1.165, 1.54) is 4.90 Å². The lowest BCUT2D eigenvalue weighted by molar-refractivity contribution is -0.163. The maximum absolute atomic E-state index is 11.6. The normalized spacial score (nSPS) is 38.6. The van der Waals surface area contributed by atoms with Crippen LogP contribution in [-0.4, -0.2) is 47.5 Å². The van der Waals surface area contributed by atoms with Crippen LogP contribution in [0.1, 0.15) is 19.3 Å². The van der Waals surface area contributed by atoms with Crippen LogP contribution in [0.4, 0.5) is 0 Å². The molecule has 0 aliphatic carbocycles. The lowest BCUT2D eigenvalue weighted by Crippen LogP contribution is -2.51. The first-order chi connectivity index (χ1) is 7.66. The second-order valence-electron chi connectivity index (χ2n) is 4.24. The Kier molecular flexibility index (Phi) is 2.08. The van der Waals surface area contributed by atoms with E-state index in [4.69, 9.17) is 9.47 Å². The predicted octanol–water partition coefficient (Wildman–Crippen LogP) is -0.782. The van der Waals surface area contributed by atoms with Gasteiger partial charge in [-0.2, -0.15) is 0 Å². The van der Waals surface area contributed by atoms with E-state index in [1.807, 2.05) is 0 Å². The summed E-state index contributed by atoms with van der Waals surface area (Å²) < 4.78 is 10.4. The minimum Gasteiger partial charge on any atom is -0.343 e. The van der Waals surface area contributed by atoms with E-state index in [0.717, 1.165) is 0 Å². The van der Waals surface area contributed by atoms with Gasteiger partial charge >= 0.3 is 0 Å². The van der Waals surface area contributed by atoms with Crippen molar-refractivity contribution in [2.75, 3.05) is 6.61 Å². The van der Waals surface area contributed by atoms with Crippen LogP contribution in [0, 0.1) is 0 Å². The number of hydrogen-bond donors (Lipinski definition) is 0.